The van der Waals surface area contributed by atoms with Crippen molar-refractivity contribution < 1.29 is 9.59 Å². The van der Waals surface area contributed by atoms with Crippen LogP contribution in [-0.4, -0.2) is 24.4 Å². The summed E-state index contributed by atoms with van der Waals surface area (Å²) < 4.78 is 0. The van der Waals surface area contributed by atoms with E-state index in [0.717, 1.165) is 6.42 Å². The van der Waals surface area contributed by atoms with Crippen molar-refractivity contribution in [1.82, 2.24) is 10.6 Å². The SMILES string of the molecule is CCC(C)NC(=O)CCCNC(=O)C(C)(C)C. The Morgan fingerprint density at radius 1 is 1.24 bits per heavy atom. The Bertz CT molecular complexity index is 257. The van der Waals surface area contributed by atoms with E-state index in [4.69, 9.17) is 0 Å². The zero-order chi connectivity index (χ0) is 13.5. The summed E-state index contributed by atoms with van der Waals surface area (Å²) in [4.78, 5) is 23.0. The fourth-order valence-corrected chi connectivity index (χ4v) is 1.17. The van der Waals surface area contributed by atoms with Crippen molar-refractivity contribution in [2.45, 2.75) is 59.9 Å². The molecule has 0 radical (unpaired) electrons. The van der Waals surface area contributed by atoms with E-state index in [1.807, 2.05) is 34.6 Å². The molecule has 2 amide bonds. The molecule has 0 aromatic carbocycles. The average molecular weight is 242 g/mol. The van der Waals surface area contributed by atoms with Crippen LogP contribution in [0.3, 0.4) is 0 Å². The summed E-state index contributed by atoms with van der Waals surface area (Å²) in [5.41, 5.74) is -0.362. The normalized spacial score (nSPS) is 13.0. The van der Waals surface area contributed by atoms with Crippen molar-refractivity contribution in [3.05, 3.63) is 0 Å². The Morgan fingerprint density at radius 2 is 1.82 bits per heavy atom. The van der Waals surface area contributed by atoms with E-state index < -0.39 is 0 Å². The zero-order valence-electron chi connectivity index (χ0n) is 11.7. The van der Waals surface area contributed by atoms with Gasteiger partial charge in [0.15, 0.2) is 0 Å². The van der Waals surface area contributed by atoms with Gasteiger partial charge in [-0.2, -0.15) is 0 Å². The van der Waals surface area contributed by atoms with Gasteiger partial charge in [-0.1, -0.05) is 27.7 Å². The monoisotopic (exact) mass is 242 g/mol. The molecule has 0 aromatic heterocycles. The summed E-state index contributed by atoms with van der Waals surface area (Å²) in [7, 11) is 0. The standard InChI is InChI=1S/C13H26N2O2/c1-6-10(2)15-11(16)8-7-9-14-12(17)13(3,4)5/h10H,6-9H2,1-5H3,(H,14,17)(H,15,16). The molecule has 0 aliphatic carbocycles. The molecule has 0 saturated heterocycles. The molecule has 17 heavy (non-hydrogen) atoms. The maximum absolute atomic E-state index is 11.5. The van der Waals surface area contributed by atoms with Crippen LogP contribution in [0.1, 0.15) is 53.9 Å². The lowest BCUT2D eigenvalue weighted by Crippen LogP contribution is -2.36. The highest BCUT2D eigenvalue weighted by Crippen LogP contribution is 2.12. The zero-order valence-corrected chi connectivity index (χ0v) is 11.7. The minimum atomic E-state index is -0.362. The van der Waals surface area contributed by atoms with Crippen molar-refractivity contribution in [3.63, 3.8) is 0 Å². The van der Waals surface area contributed by atoms with Crippen molar-refractivity contribution in [1.29, 1.82) is 0 Å². The number of carbonyl (C=O) groups is 2. The highest BCUT2D eigenvalue weighted by atomic mass is 16.2. The molecule has 1 atom stereocenters. The van der Waals surface area contributed by atoms with Crippen LogP contribution in [0.5, 0.6) is 0 Å². The predicted molar refractivity (Wildman–Crippen MR) is 69.6 cm³/mol. The van der Waals surface area contributed by atoms with Crippen LogP contribution in [0.15, 0.2) is 0 Å². The fourth-order valence-electron chi connectivity index (χ4n) is 1.17. The topological polar surface area (TPSA) is 58.2 Å². The second-order valence-electron chi connectivity index (χ2n) is 5.49. The molecule has 0 aromatic rings. The second kappa shape index (κ2) is 7.30. The maximum atomic E-state index is 11.5. The highest BCUT2D eigenvalue weighted by Gasteiger charge is 2.20. The quantitative estimate of drug-likeness (QED) is 0.698. The van der Waals surface area contributed by atoms with Gasteiger partial charge in [-0.15, -0.1) is 0 Å². The van der Waals surface area contributed by atoms with Crippen LogP contribution >= 0.6 is 0 Å². The first-order valence-corrected chi connectivity index (χ1v) is 6.35. The third-order valence-corrected chi connectivity index (χ3v) is 2.57. The second-order valence-corrected chi connectivity index (χ2v) is 5.49. The van der Waals surface area contributed by atoms with Gasteiger partial charge in [0.25, 0.3) is 0 Å². The van der Waals surface area contributed by atoms with Crippen LogP contribution in [0.4, 0.5) is 0 Å². The molecule has 4 heteroatoms. The van der Waals surface area contributed by atoms with Crippen molar-refractivity contribution >= 4 is 11.8 Å². The van der Waals surface area contributed by atoms with E-state index >= 15 is 0 Å². The van der Waals surface area contributed by atoms with Gasteiger partial charge in [0.05, 0.1) is 0 Å². The molecule has 0 fully saturated rings. The van der Waals surface area contributed by atoms with Crippen LogP contribution in [0.25, 0.3) is 0 Å². The lowest BCUT2D eigenvalue weighted by Gasteiger charge is -2.17. The molecular formula is C13H26N2O2. The van der Waals surface area contributed by atoms with Gasteiger partial charge in [0.2, 0.25) is 11.8 Å². The van der Waals surface area contributed by atoms with Gasteiger partial charge in [-0.25, -0.2) is 0 Å². The van der Waals surface area contributed by atoms with E-state index in [0.29, 0.717) is 19.4 Å². The summed E-state index contributed by atoms with van der Waals surface area (Å²) in [6, 6.07) is 0.228. The molecule has 100 valence electrons. The van der Waals surface area contributed by atoms with E-state index in [-0.39, 0.29) is 23.3 Å². The predicted octanol–water partition coefficient (Wildman–Crippen LogP) is 1.84. The largest absolute Gasteiger partial charge is 0.356 e. The summed E-state index contributed by atoms with van der Waals surface area (Å²) in [6.07, 6.45) is 2.09. The lowest BCUT2D eigenvalue weighted by molar-refractivity contribution is -0.128. The molecule has 4 nitrogen and oxygen atoms in total. The first kappa shape index (κ1) is 15.9. The minimum absolute atomic E-state index is 0.0276. The molecule has 0 rings (SSSR count). The third-order valence-electron chi connectivity index (χ3n) is 2.57. The minimum Gasteiger partial charge on any atom is -0.356 e. The number of rotatable bonds is 6. The number of amides is 2. The number of carbonyl (C=O) groups excluding carboxylic acids is 2. The number of hydrogen-bond acceptors (Lipinski definition) is 2. The molecule has 0 saturated carbocycles. The van der Waals surface area contributed by atoms with Gasteiger partial charge < -0.3 is 10.6 Å². The smallest absolute Gasteiger partial charge is 0.225 e. The first-order valence-electron chi connectivity index (χ1n) is 6.35. The summed E-state index contributed by atoms with van der Waals surface area (Å²) in [5, 5.41) is 5.72. The van der Waals surface area contributed by atoms with E-state index in [9.17, 15) is 9.59 Å². The summed E-state index contributed by atoms with van der Waals surface area (Å²) in [5.74, 6) is 0.0872. The van der Waals surface area contributed by atoms with Crippen molar-refractivity contribution in [3.8, 4) is 0 Å². The third kappa shape index (κ3) is 7.77. The van der Waals surface area contributed by atoms with Crippen LogP contribution in [0, 0.1) is 5.41 Å². The first-order chi connectivity index (χ1) is 7.77. The van der Waals surface area contributed by atoms with Crippen molar-refractivity contribution in [2.24, 2.45) is 5.41 Å². The van der Waals surface area contributed by atoms with Crippen LogP contribution in [-0.2, 0) is 9.59 Å². The molecule has 0 heterocycles. The Labute approximate surface area is 105 Å². The molecule has 0 bridgehead atoms. The molecular weight excluding hydrogens is 216 g/mol. The Balaban J connectivity index is 3.65. The van der Waals surface area contributed by atoms with Gasteiger partial charge in [0.1, 0.15) is 0 Å². The molecule has 0 aliphatic rings. The molecule has 0 aliphatic heterocycles. The van der Waals surface area contributed by atoms with Crippen molar-refractivity contribution in [2.75, 3.05) is 6.54 Å². The Hall–Kier alpha value is -1.06. The summed E-state index contributed by atoms with van der Waals surface area (Å²) in [6.45, 7) is 10.2. The molecule has 0 spiro atoms. The van der Waals surface area contributed by atoms with Gasteiger partial charge in [0, 0.05) is 24.4 Å². The molecule has 1 unspecified atom stereocenters. The highest BCUT2D eigenvalue weighted by molar-refractivity contribution is 5.81. The maximum Gasteiger partial charge on any atom is 0.225 e. The molecule has 2 N–H and O–H groups in total. The van der Waals surface area contributed by atoms with Gasteiger partial charge in [-0.05, 0) is 19.8 Å². The Kier molecular flexibility index (Phi) is 6.85. The van der Waals surface area contributed by atoms with Crippen LogP contribution in [0.2, 0.25) is 0 Å². The van der Waals surface area contributed by atoms with E-state index in [2.05, 4.69) is 10.6 Å². The number of hydrogen-bond donors (Lipinski definition) is 2. The summed E-state index contributed by atoms with van der Waals surface area (Å²) >= 11 is 0. The lowest BCUT2D eigenvalue weighted by atomic mass is 9.96. The Morgan fingerprint density at radius 3 is 2.29 bits per heavy atom. The van der Waals surface area contributed by atoms with E-state index in [1.165, 1.54) is 0 Å². The van der Waals surface area contributed by atoms with Gasteiger partial charge in [-0.3, -0.25) is 9.59 Å². The average Bonchev–Trinajstić information content (AvgIpc) is 2.22. The van der Waals surface area contributed by atoms with Gasteiger partial charge >= 0.3 is 0 Å². The fraction of sp³-hybridized carbons (Fsp3) is 0.846. The van der Waals surface area contributed by atoms with E-state index in [1.54, 1.807) is 0 Å². The number of nitrogens with one attached hydrogen (secondary N) is 2. The van der Waals surface area contributed by atoms with Crippen LogP contribution < -0.4 is 10.6 Å².